The molecule has 116 valence electrons. The van der Waals surface area contributed by atoms with Crippen LogP contribution in [0.25, 0.3) is 0 Å². The number of hydrogen-bond donors (Lipinski definition) is 2. The van der Waals surface area contributed by atoms with Gasteiger partial charge in [-0.25, -0.2) is 0 Å². The van der Waals surface area contributed by atoms with Crippen molar-refractivity contribution >= 4 is 11.9 Å². The predicted octanol–water partition coefficient (Wildman–Crippen LogP) is 1.69. The summed E-state index contributed by atoms with van der Waals surface area (Å²) in [5.41, 5.74) is 0. The summed E-state index contributed by atoms with van der Waals surface area (Å²) >= 11 is 0. The number of nitrogens with one attached hydrogen (secondary N) is 1. The highest BCUT2D eigenvalue weighted by molar-refractivity contribution is 5.82. The predicted molar refractivity (Wildman–Crippen MR) is 77.5 cm³/mol. The second kappa shape index (κ2) is 8.14. The van der Waals surface area contributed by atoms with Crippen molar-refractivity contribution in [2.75, 3.05) is 13.7 Å². The van der Waals surface area contributed by atoms with Gasteiger partial charge in [-0.2, -0.15) is 0 Å². The van der Waals surface area contributed by atoms with E-state index in [0.29, 0.717) is 18.0 Å². The first-order valence-electron chi connectivity index (χ1n) is 6.73. The summed E-state index contributed by atoms with van der Waals surface area (Å²) in [4.78, 5) is 22.2. The minimum Gasteiger partial charge on any atom is -0.493 e. The van der Waals surface area contributed by atoms with Crippen LogP contribution < -0.4 is 14.8 Å². The number of amides is 1. The molecule has 0 spiro atoms. The number of benzene rings is 1. The van der Waals surface area contributed by atoms with E-state index in [-0.39, 0.29) is 18.4 Å². The molecule has 0 saturated heterocycles. The monoisotopic (exact) mass is 295 g/mol. The topological polar surface area (TPSA) is 84.9 Å². The zero-order valence-corrected chi connectivity index (χ0v) is 12.5. The Kier molecular flexibility index (Phi) is 6.52. The maximum absolute atomic E-state index is 11.7. The standard InChI is InChI=1S/C15H21NO5/c1-10(8-14(17)18)15(19)16-9-11(2)21-13-7-5-4-6-12(13)20-3/h4-7,10-11H,8-9H2,1-3H3,(H,16,19)(H,17,18)/t10-,11+/m0/s1. The minimum atomic E-state index is -0.990. The van der Waals surface area contributed by atoms with E-state index < -0.39 is 11.9 Å². The van der Waals surface area contributed by atoms with Crippen LogP contribution in [0.2, 0.25) is 0 Å². The van der Waals surface area contributed by atoms with Crippen molar-refractivity contribution in [3.63, 3.8) is 0 Å². The van der Waals surface area contributed by atoms with Crippen molar-refractivity contribution in [1.29, 1.82) is 0 Å². The molecule has 2 N–H and O–H groups in total. The van der Waals surface area contributed by atoms with Crippen LogP contribution in [-0.2, 0) is 9.59 Å². The van der Waals surface area contributed by atoms with Gasteiger partial charge in [-0.15, -0.1) is 0 Å². The fraction of sp³-hybridized carbons (Fsp3) is 0.467. The Morgan fingerprint density at radius 1 is 1.24 bits per heavy atom. The van der Waals surface area contributed by atoms with E-state index in [9.17, 15) is 9.59 Å². The fourth-order valence-corrected chi connectivity index (χ4v) is 1.75. The van der Waals surface area contributed by atoms with Crippen LogP contribution in [0.5, 0.6) is 11.5 Å². The van der Waals surface area contributed by atoms with Crippen LogP contribution in [0, 0.1) is 5.92 Å². The molecule has 0 bridgehead atoms. The van der Waals surface area contributed by atoms with Gasteiger partial charge in [0.2, 0.25) is 5.91 Å². The first-order chi connectivity index (χ1) is 9.93. The van der Waals surface area contributed by atoms with Crippen LogP contribution in [0.3, 0.4) is 0 Å². The van der Waals surface area contributed by atoms with E-state index in [0.717, 1.165) is 0 Å². The molecule has 6 heteroatoms. The second-order valence-electron chi connectivity index (χ2n) is 4.82. The molecule has 0 aliphatic rings. The Bertz CT molecular complexity index is 489. The van der Waals surface area contributed by atoms with Gasteiger partial charge in [0.25, 0.3) is 0 Å². The van der Waals surface area contributed by atoms with Gasteiger partial charge in [-0.3, -0.25) is 9.59 Å². The van der Waals surface area contributed by atoms with E-state index in [1.165, 1.54) is 0 Å². The number of rotatable bonds is 8. The highest BCUT2D eigenvalue weighted by atomic mass is 16.5. The highest BCUT2D eigenvalue weighted by Crippen LogP contribution is 2.26. The minimum absolute atomic E-state index is 0.187. The van der Waals surface area contributed by atoms with Gasteiger partial charge in [0.05, 0.1) is 20.1 Å². The van der Waals surface area contributed by atoms with Crippen molar-refractivity contribution in [3.05, 3.63) is 24.3 Å². The fourth-order valence-electron chi connectivity index (χ4n) is 1.75. The zero-order valence-electron chi connectivity index (χ0n) is 12.5. The van der Waals surface area contributed by atoms with Gasteiger partial charge in [-0.1, -0.05) is 19.1 Å². The van der Waals surface area contributed by atoms with Crippen LogP contribution in [-0.4, -0.2) is 36.7 Å². The average Bonchev–Trinajstić information content (AvgIpc) is 2.44. The quantitative estimate of drug-likeness (QED) is 0.762. The lowest BCUT2D eigenvalue weighted by Crippen LogP contribution is -2.37. The summed E-state index contributed by atoms with van der Waals surface area (Å²) in [5.74, 6) is -0.639. The Labute approximate surface area is 124 Å². The summed E-state index contributed by atoms with van der Waals surface area (Å²) in [6.45, 7) is 3.69. The van der Waals surface area contributed by atoms with Crippen molar-refractivity contribution < 1.29 is 24.2 Å². The number of ether oxygens (including phenoxy) is 2. The van der Waals surface area contributed by atoms with E-state index in [2.05, 4.69) is 5.32 Å². The second-order valence-corrected chi connectivity index (χ2v) is 4.82. The lowest BCUT2D eigenvalue weighted by Gasteiger charge is -2.18. The Morgan fingerprint density at radius 2 is 1.86 bits per heavy atom. The lowest BCUT2D eigenvalue weighted by atomic mass is 10.1. The lowest BCUT2D eigenvalue weighted by molar-refractivity contribution is -0.140. The first-order valence-corrected chi connectivity index (χ1v) is 6.73. The highest BCUT2D eigenvalue weighted by Gasteiger charge is 2.17. The maximum Gasteiger partial charge on any atom is 0.304 e. The Hall–Kier alpha value is -2.24. The number of aliphatic carboxylic acids is 1. The smallest absolute Gasteiger partial charge is 0.304 e. The average molecular weight is 295 g/mol. The van der Waals surface area contributed by atoms with Crippen molar-refractivity contribution in [1.82, 2.24) is 5.32 Å². The molecule has 21 heavy (non-hydrogen) atoms. The van der Waals surface area contributed by atoms with Crippen molar-refractivity contribution in [3.8, 4) is 11.5 Å². The van der Waals surface area contributed by atoms with Crippen LogP contribution >= 0.6 is 0 Å². The van der Waals surface area contributed by atoms with Crippen LogP contribution in [0.15, 0.2) is 24.3 Å². The van der Waals surface area contributed by atoms with Crippen molar-refractivity contribution in [2.45, 2.75) is 26.4 Å². The molecule has 1 rings (SSSR count). The van der Waals surface area contributed by atoms with Gasteiger partial charge in [0.1, 0.15) is 6.10 Å². The SMILES string of the molecule is COc1ccccc1O[C@H](C)CNC(=O)[C@@H](C)CC(=O)O. The number of para-hydroxylation sites is 2. The summed E-state index contributed by atoms with van der Waals surface area (Å²) < 4.78 is 10.9. The normalized spacial score (nSPS) is 13.1. The molecule has 0 heterocycles. The van der Waals surface area contributed by atoms with E-state index >= 15 is 0 Å². The summed E-state index contributed by atoms with van der Waals surface area (Å²) in [7, 11) is 1.56. The van der Waals surface area contributed by atoms with E-state index in [1.807, 2.05) is 19.1 Å². The molecular weight excluding hydrogens is 274 g/mol. The Morgan fingerprint density at radius 3 is 2.43 bits per heavy atom. The number of carboxylic acid groups (broad SMARTS) is 1. The molecular formula is C15H21NO5. The third-order valence-corrected chi connectivity index (χ3v) is 2.89. The molecule has 0 radical (unpaired) electrons. The summed E-state index contributed by atoms with van der Waals surface area (Å²) in [5, 5.41) is 11.3. The molecule has 0 fully saturated rings. The van der Waals surface area contributed by atoms with Gasteiger partial charge >= 0.3 is 5.97 Å². The van der Waals surface area contributed by atoms with Gasteiger partial charge in [0.15, 0.2) is 11.5 Å². The summed E-state index contributed by atoms with van der Waals surface area (Å²) in [6.07, 6.45) is -0.449. The number of methoxy groups -OCH3 is 1. The third kappa shape index (κ3) is 5.72. The molecule has 0 unspecified atom stereocenters. The van der Waals surface area contributed by atoms with Crippen molar-refractivity contribution in [2.24, 2.45) is 5.92 Å². The number of hydrogen-bond acceptors (Lipinski definition) is 4. The zero-order chi connectivity index (χ0) is 15.8. The van der Waals surface area contributed by atoms with Gasteiger partial charge < -0.3 is 19.9 Å². The maximum atomic E-state index is 11.7. The number of carbonyl (C=O) groups is 2. The molecule has 0 aliphatic carbocycles. The molecule has 1 amide bonds. The third-order valence-electron chi connectivity index (χ3n) is 2.89. The molecule has 0 aliphatic heterocycles. The Balaban J connectivity index is 2.45. The number of carboxylic acids is 1. The first kappa shape index (κ1) is 16.8. The molecule has 0 saturated carbocycles. The van der Waals surface area contributed by atoms with Gasteiger partial charge in [-0.05, 0) is 19.1 Å². The molecule has 1 aromatic rings. The largest absolute Gasteiger partial charge is 0.493 e. The molecule has 1 aromatic carbocycles. The summed E-state index contributed by atoms with van der Waals surface area (Å²) in [6, 6.07) is 7.24. The molecule has 6 nitrogen and oxygen atoms in total. The molecule has 0 aromatic heterocycles. The van der Waals surface area contributed by atoms with E-state index in [4.69, 9.17) is 14.6 Å². The van der Waals surface area contributed by atoms with Crippen LogP contribution in [0.4, 0.5) is 0 Å². The van der Waals surface area contributed by atoms with Crippen LogP contribution in [0.1, 0.15) is 20.3 Å². The van der Waals surface area contributed by atoms with Gasteiger partial charge in [0, 0.05) is 5.92 Å². The van der Waals surface area contributed by atoms with E-state index in [1.54, 1.807) is 26.2 Å². The molecule has 2 atom stereocenters. The number of carbonyl (C=O) groups excluding carboxylic acids is 1.